The van der Waals surface area contributed by atoms with Crippen LogP contribution in [0.1, 0.15) is 10.4 Å². The lowest BCUT2D eigenvalue weighted by molar-refractivity contribution is 0.101. The van der Waals surface area contributed by atoms with Gasteiger partial charge in [-0.25, -0.2) is 4.68 Å². The Morgan fingerprint density at radius 2 is 2.23 bits per heavy atom. The van der Waals surface area contributed by atoms with Crippen molar-refractivity contribution in [3.05, 3.63) is 36.8 Å². The molecule has 0 aromatic carbocycles. The summed E-state index contributed by atoms with van der Waals surface area (Å²) >= 11 is 0. The second-order valence-corrected chi connectivity index (χ2v) is 2.32. The van der Waals surface area contributed by atoms with E-state index in [1.165, 1.54) is 29.9 Å². The largest absolute Gasteiger partial charge is 0.472 e. The van der Waals surface area contributed by atoms with Crippen LogP contribution in [0.25, 0.3) is 0 Å². The number of amides is 1. The molecule has 0 radical (unpaired) electrons. The summed E-state index contributed by atoms with van der Waals surface area (Å²) in [6.07, 6.45) is 5.57. The van der Waals surface area contributed by atoms with E-state index in [4.69, 9.17) is 4.42 Å². The van der Waals surface area contributed by atoms with Gasteiger partial charge in [0, 0.05) is 0 Å². The predicted octanol–water partition coefficient (Wildman–Crippen LogP) is 0.255. The van der Waals surface area contributed by atoms with Crippen molar-refractivity contribution in [2.24, 2.45) is 0 Å². The average molecular weight is 178 g/mol. The topological polar surface area (TPSA) is 73.0 Å². The molecule has 0 aliphatic rings. The molecule has 0 saturated heterocycles. The van der Waals surface area contributed by atoms with E-state index in [2.05, 4.69) is 15.6 Å². The van der Waals surface area contributed by atoms with Gasteiger partial charge in [0.2, 0.25) is 0 Å². The number of hydrogen-bond donors (Lipinski definition) is 1. The first-order valence-corrected chi connectivity index (χ1v) is 3.54. The monoisotopic (exact) mass is 178 g/mol. The Morgan fingerprint density at radius 1 is 1.46 bits per heavy atom. The summed E-state index contributed by atoms with van der Waals surface area (Å²) in [5.74, 6) is -0.270. The zero-order valence-corrected chi connectivity index (χ0v) is 6.54. The fourth-order valence-electron chi connectivity index (χ4n) is 0.834. The number of rotatable bonds is 2. The smallest absolute Gasteiger partial charge is 0.273 e. The Labute approximate surface area is 73.2 Å². The molecule has 2 aromatic rings. The third-order valence-electron chi connectivity index (χ3n) is 1.43. The maximum absolute atomic E-state index is 11.3. The Balaban J connectivity index is 2.08. The summed E-state index contributed by atoms with van der Waals surface area (Å²) in [5, 5.41) is 7.06. The van der Waals surface area contributed by atoms with Gasteiger partial charge < -0.3 is 4.42 Å². The quantitative estimate of drug-likeness (QED) is 0.715. The summed E-state index contributed by atoms with van der Waals surface area (Å²) in [5.41, 5.74) is 2.97. The van der Waals surface area contributed by atoms with Crippen LogP contribution in [-0.4, -0.2) is 20.8 Å². The molecule has 2 rings (SSSR count). The normalized spacial score (nSPS) is 9.85. The molecule has 0 atom stereocenters. The van der Waals surface area contributed by atoms with Crippen LogP contribution in [0.2, 0.25) is 0 Å². The van der Waals surface area contributed by atoms with E-state index < -0.39 is 0 Å². The van der Waals surface area contributed by atoms with Crippen molar-refractivity contribution in [2.75, 3.05) is 5.43 Å². The molecular formula is C7H6N4O2. The fraction of sp³-hybridized carbons (Fsp3) is 0. The van der Waals surface area contributed by atoms with Crippen LogP contribution >= 0.6 is 0 Å². The van der Waals surface area contributed by atoms with E-state index in [1.54, 1.807) is 6.07 Å². The molecule has 2 aromatic heterocycles. The maximum atomic E-state index is 11.3. The second-order valence-electron chi connectivity index (χ2n) is 2.32. The molecule has 1 amide bonds. The van der Waals surface area contributed by atoms with Crippen LogP contribution in [-0.2, 0) is 0 Å². The fourth-order valence-corrected chi connectivity index (χ4v) is 0.834. The van der Waals surface area contributed by atoms with E-state index in [0.29, 0.717) is 5.56 Å². The van der Waals surface area contributed by atoms with Gasteiger partial charge in [0.05, 0.1) is 11.8 Å². The summed E-state index contributed by atoms with van der Waals surface area (Å²) in [6.45, 7) is 0. The van der Waals surface area contributed by atoms with E-state index in [1.807, 2.05) is 0 Å². The number of carbonyl (C=O) groups is 1. The highest BCUT2D eigenvalue weighted by Crippen LogP contribution is 1.99. The standard InChI is InChI=1S/C7H6N4O2/c12-7(6-1-2-13-3-6)10-11-4-8-9-5-11/h1-5H,(H,10,12). The lowest BCUT2D eigenvalue weighted by Gasteiger charge is -2.00. The highest BCUT2D eigenvalue weighted by Gasteiger charge is 2.05. The highest BCUT2D eigenvalue weighted by molar-refractivity contribution is 5.99. The van der Waals surface area contributed by atoms with Crippen LogP contribution in [0.5, 0.6) is 0 Å². The van der Waals surface area contributed by atoms with E-state index in [0.717, 1.165) is 0 Å². The number of carbonyl (C=O) groups excluding carboxylic acids is 1. The zero-order valence-electron chi connectivity index (χ0n) is 6.54. The first-order chi connectivity index (χ1) is 6.36. The molecule has 0 fully saturated rings. The Morgan fingerprint density at radius 3 is 2.85 bits per heavy atom. The molecule has 0 bridgehead atoms. The lowest BCUT2D eigenvalue weighted by atomic mass is 10.3. The number of nitrogens with one attached hydrogen (secondary N) is 1. The van der Waals surface area contributed by atoms with E-state index in [9.17, 15) is 4.79 Å². The molecule has 6 nitrogen and oxygen atoms in total. The van der Waals surface area contributed by atoms with Crippen molar-refractivity contribution in [2.45, 2.75) is 0 Å². The van der Waals surface area contributed by atoms with E-state index in [-0.39, 0.29) is 5.91 Å². The first kappa shape index (κ1) is 7.53. The number of furan rings is 1. The Kier molecular flexibility index (Phi) is 1.79. The van der Waals surface area contributed by atoms with Crippen LogP contribution in [0, 0.1) is 0 Å². The molecule has 6 heteroatoms. The SMILES string of the molecule is O=C(Nn1cnnc1)c1ccoc1. The molecule has 1 N–H and O–H groups in total. The van der Waals surface area contributed by atoms with Crippen LogP contribution in [0.15, 0.2) is 35.7 Å². The molecule has 13 heavy (non-hydrogen) atoms. The molecule has 0 aliphatic carbocycles. The average Bonchev–Trinajstić information content (AvgIpc) is 2.74. The summed E-state index contributed by atoms with van der Waals surface area (Å²) in [7, 11) is 0. The maximum Gasteiger partial charge on any atom is 0.273 e. The minimum Gasteiger partial charge on any atom is -0.472 e. The summed E-state index contributed by atoms with van der Waals surface area (Å²) in [4.78, 5) is 11.3. The Bertz CT molecular complexity index is 379. The molecular weight excluding hydrogens is 172 g/mol. The third kappa shape index (κ3) is 1.56. The van der Waals surface area contributed by atoms with Gasteiger partial charge in [-0.05, 0) is 6.07 Å². The van der Waals surface area contributed by atoms with Crippen molar-refractivity contribution in [1.82, 2.24) is 14.9 Å². The molecule has 0 aliphatic heterocycles. The van der Waals surface area contributed by atoms with Crippen molar-refractivity contribution in [1.29, 1.82) is 0 Å². The molecule has 0 unspecified atom stereocenters. The van der Waals surface area contributed by atoms with Gasteiger partial charge in [-0.3, -0.25) is 10.2 Å². The Hall–Kier alpha value is -2.11. The summed E-state index contributed by atoms with van der Waals surface area (Å²) in [6, 6.07) is 1.57. The van der Waals surface area contributed by atoms with Gasteiger partial charge in [-0.2, -0.15) is 0 Å². The number of nitrogens with zero attached hydrogens (tertiary/aromatic N) is 3. The third-order valence-corrected chi connectivity index (χ3v) is 1.43. The minimum atomic E-state index is -0.270. The van der Waals surface area contributed by atoms with Crippen molar-refractivity contribution < 1.29 is 9.21 Å². The van der Waals surface area contributed by atoms with Gasteiger partial charge in [0.25, 0.3) is 5.91 Å². The first-order valence-electron chi connectivity index (χ1n) is 3.54. The van der Waals surface area contributed by atoms with Crippen molar-refractivity contribution in [3.63, 3.8) is 0 Å². The summed E-state index contributed by atoms with van der Waals surface area (Å²) < 4.78 is 6.11. The second kappa shape index (κ2) is 3.10. The molecule has 2 heterocycles. The van der Waals surface area contributed by atoms with Crippen molar-refractivity contribution >= 4 is 5.91 Å². The number of hydrogen-bond acceptors (Lipinski definition) is 4. The van der Waals surface area contributed by atoms with Gasteiger partial charge in [0.1, 0.15) is 18.9 Å². The van der Waals surface area contributed by atoms with Crippen LogP contribution in [0.4, 0.5) is 0 Å². The van der Waals surface area contributed by atoms with Crippen LogP contribution < -0.4 is 5.43 Å². The van der Waals surface area contributed by atoms with E-state index >= 15 is 0 Å². The van der Waals surface area contributed by atoms with Crippen LogP contribution in [0.3, 0.4) is 0 Å². The predicted molar refractivity (Wildman–Crippen MR) is 42.4 cm³/mol. The van der Waals surface area contributed by atoms with Gasteiger partial charge >= 0.3 is 0 Å². The van der Waals surface area contributed by atoms with Gasteiger partial charge in [-0.15, -0.1) is 10.2 Å². The van der Waals surface area contributed by atoms with Gasteiger partial charge in [0.15, 0.2) is 0 Å². The van der Waals surface area contributed by atoms with Gasteiger partial charge in [-0.1, -0.05) is 0 Å². The molecule has 0 saturated carbocycles. The van der Waals surface area contributed by atoms with Crippen molar-refractivity contribution in [3.8, 4) is 0 Å². The highest BCUT2D eigenvalue weighted by atomic mass is 16.3. The lowest BCUT2D eigenvalue weighted by Crippen LogP contribution is -2.20. The minimum absolute atomic E-state index is 0.270. The zero-order chi connectivity index (χ0) is 9.10. The molecule has 66 valence electrons. The molecule has 0 spiro atoms. The number of aromatic nitrogens is 3.